The average Bonchev–Trinajstić information content (AvgIpc) is 2.90. The molecule has 1 N–H and O–H groups in total. The third-order valence-corrected chi connectivity index (χ3v) is 5.87. The van der Waals surface area contributed by atoms with E-state index in [-0.39, 0.29) is 24.5 Å². The van der Waals surface area contributed by atoms with Crippen LogP contribution < -0.4 is 24.4 Å². The first-order chi connectivity index (χ1) is 18.3. The van der Waals surface area contributed by atoms with Crippen LogP contribution in [-0.4, -0.2) is 43.1 Å². The summed E-state index contributed by atoms with van der Waals surface area (Å²) in [6, 6.07) is 16.2. The lowest BCUT2D eigenvalue weighted by atomic mass is 10.1. The number of ether oxygens (including phenoxy) is 3. The second-order valence-corrected chi connectivity index (χ2v) is 8.71. The van der Waals surface area contributed by atoms with Crippen molar-refractivity contribution in [3.05, 3.63) is 92.5 Å². The number of anilines is 1. The van der Waals surface area contributed by atoms with Crippen LogP contribution in [0.1, 0.15) is 5.56 Å². The molecule has 1 heterocycles. The Hall–Kier alpha value is -4.71. The molecule has 4 amide bonds. The van der Waals surface area contributed by atoms with Gasteiger partial charge in [-0.15, -0.1) is 0 Å². The van der Waals surface area contributed by atoms with Crippen molar-refractivity contribution < 1.29 is 33.5 Å². The number of nitro groups is 1. The molecule has 0 unspecified atom stereocenters. The van der Waals surface area contributed by atoms with E-state index in [4.69, 9.17) is 14.2 Å². The molecule has 0 radical (unpaired) electrons. The molecule has 1 aliphatic rings. The highest BCUT2D eigenvalue weighted by Crippen LogP contribution is 2.30. The molecule has 0 atom stereocenters. The van der Waals surface area contributed by atoms with E-state index in [1.54, 1.807) is 42.5 Å². The van der Waals surface area contributed by atoms with E-state index in [0.29, 0.717) is 28.5 Å². The number of nitrogens with one attached hydrogen (secondary N) is 1. The van der Waals surface area contributed by atoms with Crippen LogP contribution in [0.5, 0.6) is 17.2 Å². The molecule has 1 fully saturated rings. The Bertz CT molecular complexity index is 1420. The summed E-state index contributed by atoms with van der Waals surface area (Å²) < 4.78 is 17.4. The van der Waals surface area contributed by atoms with Crippen LogP contribution in [0, 0.1) is 10.1 Å². The summed E-state index contributed by atoms with van der Waals surface area (Å²) in [6.45, 7) is 0.320. The Morgan fingerprint density at radius 2 is 1.63 bits per heavy atom. The number of imide groups is 2. The highest BCUT2D eigenvalue weighted by Gasteiger charge is 2.36. The van der Waals surface area contributed by atoms with E-state index in [0.717, 1.165) is 9.37 Å². The molecule has 0 spiro atoms. The summed E-state index contributed by atoms with van der Waals surface area (Å²) in [4.78, 5) is 49.0. The van der Waals surface area contributed by atoms with Gasteiger partial charge in [-0.05, 0) is 60.2 Å². The molecule has 0 aromatic heterocycles. The topological polar surface area (TPSA) is 137 Å². The molecular formula is C26H20BrN3O8. The zero-order valence-corrected chi connectivity index (χ0v) is 21.5. The van der Waals surface area contributed by atoms with Gasteiger partial charge < -0.3 is 14.2 Å². The number of hydrogen-bond donors (Lipinski definition) is 1. The number of barbiturate groups is 1. The first-order valence-corrected chi connectivity index (χ1v) is 11.9. The minimum Gasteiger partial charge on any atom is -0.493 e. The Balaban J connectivity index is 1.44. The normalized spacial score (nSPS) is 14.3. The van der Waals surface area contributed by atoms with E-state index in [1.165, 1.54) is 37.5 Å². The summed E-state index contributed by atoms with van der Waals surface area (Å²) in [5.41, 5.74) is 0.527. The highest BCUT2D eigenvalue weighted by atomic mass is 79.9. The van der Waals surface area contributed by atoms with Crippen LogP contribution in [-0.2, 0) is 9.59 Å². The van der Waals surface area contributed by atoms with Crippen LogP contribution in [0.25, 0.3) is 6.08 Å². The lowest BCUT2D eigenvalue weighted by Gasteiger charge is -2.26. The molecule has 0 aliphatic carbocycles. The van der Waals surface area contributed by atoms with Gasteiger partial charge in [-0.1, -0.05) is 22.0 Å². The van der Waals surface area contributed by atoms with E-state index in [9.17, 15) is 24.5 Å². The van der Waals surface area contributed by atoms with Crippen LogP contribution in [0.4, 0.5) is 16.2 Å². The van der Waals surface area contributed by atoms with Gasteiger partial charge in [0.25, 0.3) is 17.5 Å². The van der Waals surface area contributed by atoms with Crippen molar-refractivity contribution in [2.45, 2.75) is 0 Å². The van der Waals surface area contributed by atoms with Gasteiger partial charge in [0.2, 0.25) is 0 Å². The minimum atomic E-state index is -0.836. The number of halogens is 1. The number of carbonyl (C=O) groups is 3. The number of urea groups is 1. The van der Waals surface area contributed by atoms with Crippen molar-refractivity contribution in [3.8, 4) is 17.2 Å². The molecule has 3 aromatic carbocycles. The van der Waals surface area contributed by atoms with Gasteiger partial charge in [-0.3, -0.25) is 25.0 Å². The Morgan fingerprint density at radius 3 is 2.29 bits per heavy atom. The summed E-state index contributed by atoms with van der Waals surface area (Å²) in [5, 5.41) is 12.9. The molecule has 0 bridgehead atoms. The fourth-order valence-electron chi connectivity index (χ4n) is 3.52. The number of nitrogens with zero attached hydrogens (tertiary/aromatic N) is 2. The number of benzene rings is 3. The van der Waals surface area contributed by atoms with E-state index in [1.807, 2.05) is 0 Å². The molecular weight excluding hydrogens is 562 g/mol. The van der Waals surface area contributed by atoms with Gasteiger partial charge in [0.15, 0.2) is 11.5 Å². The number of non-ortho nitro benzene ring substituents is 1. The third kappa shape index (κ3) is 5.98. The number of hydrogen-bond acceptors (Lipinski definition) is 8. The summed E-state index contributed by atoms with van der Waals surface area (Å²) in [5.74, 6) is -0.369. The van der Waals surface area contributed by atoms with Crippen molar-refractivity contribution in [1.29, 1.82) is 0 Å². The number of methoxy groups -OCH3 is 1. The van der Waals surface area contributed by atoms with Crippen molar-refractivity contribution in [1.82, 2.24) is 5.32 Å². The standard InChI is InChI=1S/C26H20BrN3O8/c1-36-23-15-16(2-11-22(23)38-13-12-37-20-9-7-19(8-10-20)30(34)35)14-21-24(31)28-26(33)29(25(21)32)18-5-3-17(27)4-6-18/h2-11,14-15H,12-13H2,1H3,(H,28,31,33). The van der Waals surface area contributed by atoms with E-state index >= 15 is 0 Å². The van der Waals surface area contributed by atoms with Gasteiger partial charge in [0, 0.05) is 16.6 Å². The highest BCUT2D eigenvalue weighted by molar-refractivity contribution is 9.10. The Labute approximate surface area is 224 Å². The Morgan fingerprint density at radius 1 is 0.947 bits per heavy atom. The summed E-state index contributed by atoms with van der Waals surface area (Å²) >= 11 is 3.30. The van der Waals surface area contributed by atoms with Crippen molar-refractivity contribution in [2.24, 2.45) is 0 Å². The second kappa shape index (κ2) is 11.6. The fourth-order valence-corrected chi connectivity index (χ4v) is 3.78. The number of carbonyl (C=O) groups excluding carboxylic acids is 3. The smallest absolute Gasteiger partial charge is 0.335 e. The maximum atomic E-state index is 13.1. The van der Waals surface area contributed by atoms with Crippen molar-refractivity contribution >= 4 is 51.2 Å². The van der Waals surface area contributed by atoms with Crippen LogP contribution in [0.15, 0.2) is 76.8 Å². The first kappa shape index (κ1) is 26.4. The number of amides is 4. The fraction of sp³-hybridized carbons (Fsp3) is 0.115. The molecule has 0 saturated carbocycles. The largest absolute Gasteiger partial charge is 0.493 e. The zero-order chi connectivity index (χ0) is 27.2. The molecule has 38 heavy (non-hydrogen) atoms. The monoisotopic (exact) mass is 581 g/mol. The second-order valence-electron chi connectivity index (χ2n) is 7.79. The molecule has 1 aliphatic heterocycles. The molecule has 4 rings (SSSR count). The lowest BCUT2D eigenvalue weighted by Crippen LogP contribution is -2.54. The first-order valence-electron chi connectivity index (χ1n) is 11.1. The Kier molecular flexibility index (Phi) is 8.02. The molecule has 12 heteroatoms. The molecule has 3 aromatic rings. The lowest BCUT2D eigenvalue weighted by molar-refractivity contribution is -0.384. The van der Waals surface area contributed by atoms with E-state index in [2.05, 4.69) is 21.2 Å². The molecule has 1 saturated heterocycles. The van der Waals surface area contributed by atoms with Crippen LogP contribution in [0.2, 0.25) is 0 Å². The predicted molar refractivity (Wildman–Crippen MR) is 140 cm³/mol. The van der Waals surface area contributed by atoms with Crippen LogP contribution >= 0.6 is 15.9 Å². The van der Waals surface area contributed by atoms with Gasteiger partial charge >= 0.3 is 6.03 Å². The maximum absolute atomic E-state index is 13.1. The summed E-state index contributed by atoms with van der Waals surface area (Å²) in [6.07, 6.45) is 1.36. The summed E-state index contributed by atoms with van der Waals surface area (Å²) in [7, 11) is 1.44. The predicted octanol–water partition coefficient (Wildman–Crippen LogP) is 4.49. The molecule has 11 nitrogen and oxygen atoms in total. The quantitative estimate of drug-likeness (QED) is 0.128. The van der Waals surface area contributed by atoms with Gasteiger partial charge in [0.1, 0.15) is 24.5 Å². The minimum absolute atomic E-state index is 0.0339. The SMILES string of the molecule is COc1cc(C=C2C(=O)NC(=O)N(c3ccc(Br)cc3)C2=O)ccc1OCCOc1ccc([N+](=O)[O-])cc1. The van der Waals surface area contributed by atoms with E-state index < -0.39 is 22.8 Å². The van der Waals surface area contributed by atoms with Gasteiger partial charge in [0.05, 0.1) is 17.7 Å². The van der Waals surface area contributed by atoms with Crippen LogP contribution in [0.3, 0.4) is 0 Å². The van der Waals surface area contributed by atoms with Crippen molar-refractivity contribution in [3.63, 3.8) is 0 Å². The maximum Gasteiger partial charge on any atom is 0.335 e. The number of rotatable bonds is 9. The molecule has 194 valence electrons. The number of nitro benzene ring substituents is 1. The zero-order valence-electron chi connectivity index (χ0n) is 19.9. The van der Waals surface area contributed by atoms with Crippen molar-refractivity contribution in [2.75, 3.05) is 25.2 Å². The van der Waals surface area contributed by atoms with Gasteiger partial charge in [-0.2, -0.15) is 0 Å². The van der Waals surface area contributed by atoms with Gasteiger partial charge in [-0.25, -0.2) is 9.69 Å². The third-order valence-electron chi connectivity index (χ3n) is 5.34. The average molecular weight is 582 g/mol.